The van der Waals surface area contributed by atoms with Crippen LogP contribution in [0.25, 0.3) is 0 Å². The zero-order valence-corrected chi connectivity index (χ0v) is 19.5. The van der Waals surface area contributed by atoms with Gasteiger partial charge in [-0.15, -0.1) is 0 Å². The van der Waals surface area contributed by atoms with E-state index in [4.69, 9.17) is 4.74 Å². The number of alkyl halides is 2. The van der Waals surface area contributed by atoms with Crippen molar-refractivity contribution in [2.24, 2.45) is 0 Å². The molecule has 1 aromatic rings. The van der Waals surface area contributed by atoms with E-state index in [-0.39, 0.29) is 17.0 Å². The zero-order valence-electron chi connectivity index (χ0n) is 19.5. The van der Waals surface area contributed by atoms with Crippen LogP contribution in [0.3, 0.4) is 0 Å². The van der Waals surface area contributed by atoms with Gasteiger partial charge in [-0.2, -0.15) is 0 Å². The first-order valence-corrected chi connectivity index (χ1v) is 11.0. The van der Waals surface area contributed by atoms with Crippen molar-refractivity contribution in [3.63, 3.8) is 0 Å². The summed E-state index contributed by atoms with van der Waals surface area (Å²) < 4.78 is 32.3. The lowest BCUT2D eigenvalue weighted by molar-refractivity contribution is -0.0472. The van der Waals surface area contributed by atoms with Gasteiger partial charge in [-0.1, -0.05) is 49.8 Å². The second-order valence-corrected chi connectivity index (χ2v) is 9.87. The van der Waals surface area contributed by atoms with E-state index in [0.29, 0.717) is 13.0 Å². The van der Waals surface area contributed by atoms with E-state index in [1.807, 2.05) is 12.1 Å². The molecule has 1 aromatic carbocycles. The Labute approximate surface area is 181 Å². The number of aliphatic hydroxyl groups is 1. The fraction of sp³-hybridized carbons (Fsp3) is 0.680. The summed E-state index contributed by atoms with van der Waals surface area (Å²) in [6.45, 7) is 11.8. The van der Waals surface area contributed by atoms with Crippen molar-refractivity contribution in [3.8, 4) is 0 Å². The monoisotopic (exact) mass is 423 g/mol. The third-order valence-electron chi connectivity index (χ3n) is 6.39. The van der Waals surface area contributed by atoms with Crippen LogP contribution >= 0.6 is 0 Å². The first-order chi connectivity index (χ1) is 13.9. The van der Waals surface area contributed by atoms with Gasteiger partial charge in [0.05, 0.1) is 5.60 Å². The summed E-state index contributed by atoms with van der Waals surface area (Å²) in [5.74, 6) is -2.82. The molecule has 1 atom stereocenters. The summed E-state index contributed by atoms with van der Waals surface area (Å²) in [7, 11) is 1.67. The fourth-order valence-corrected chi connectivity index (χ4v) is 4.35. The average Bonchev–Trinajstić information content (AvgIpc) is 2.65. The minimum atomic E-state index is -2.82. The Hall–Kier alpha value is -1.30. The molecule has 0 radical (unpaired) electrons. The third kappa shape index (κ3) is 6.86. The first kappa shape index (κ1) is 25.0. The Kier molecular flexibility index (Phi) is 8.22. The molecule has 1 aliphatic heterocycles. The van der Waals surface area contributed by atoms with Crippen LogP contribution in [-0.2, 0) is 16.1 Å². The molecular weight excluding hydrogens is 384 g/mol. The SMILES string of the molecule is COCCC1(O)CCN(C(C=C(C)C)CC(C)(C)c2ccc(C(C)(F)F)cc2)CC1. The van der Waals surface area contributed by atoms with Crippen molar-refractivity contribution in [3.05, 3.63) is 47.0 Å². The molecule has 0 aromatic heterocycles. The van der Waals surface area contributed by atoms with Gasteiger partial charge in [0.15, 0.2) is 0 Å². The van der Waals surface area contributed by atoms with Crippen molar-refractivity contribution in [1.29, 1.82) is 0 Å². The van der Waals surface area contributed by atoms with Gasteiger partial charge >= 0.3 is 0 Å². The summed E-state index contributed by atoms with van der Waals surface area (Å²) in [6, 6.07) is 7.01. The Morgan fingerprint density at radius 2 is 1.67 bits per heavy atom. The van der Waals surface area contributed by atoms with Crippen molar-refractivity contribution >= 4 is 0 Å². The fourth-order valence-electron chi connectivity index (χ4n) is 4.35. The predicted molar refractivity (Wildman–Crippen MR) is 119 cm³/mol. The van der Waals surface area contributed by atoms with Crippen LogP contribution in [0.2, 0.25) is 0 Å². The van der Waals surface area contributed by atoms with E-state index in [0.717, 1.165) is 44.8 Å². The predicted octanol–water partition coefficient (Wildman–Crippen LogP) is 5.66. The maximum Gasteiger partial charge on any atom is 0.270 e. The number of ether oxygens (including phenoxy) is 1. The van der Waals surface area contributed by atoms with E-state index in [1.165, 1.54) is 5.57 Å². The normalized spacial score (nSPS) is 18.8. The van der Waals surface area contributed by atoms with E-state index >= 15 is 0 Å². The lowest BCUT2D eigenvalue weighted by Gasteiger charge is -2.43. The molecule has 1 unspecified atom stereocenters. The third-order valence-corrected chi connectivity index (χ3v) is 6.39. The zero-order chi connectivity index (χ0) is 22.6. The van der Waals surface area contributed by atoms with Crippen molar-refractivity contribution in [1.82, 2.24) is 4.90 Å². The number of hydrogen-bond acceptors (Lipinski definition) is 3. The highest BCUT2D eigenvalue weighted by Crippen LogP contribution is 2.35. The number of piperidine rings is 1. The molecule has 3 nitrogen and oxygen atoms in total. The minimum absolute atomic E-state index is 0.0503. The van der Waals surface area contributed by atoms with Crippen molar-refractivity contribution < 1.29 is 18.6 Å². The molecule has 1 N–H and O–H groups in total. The molecule has 1 heterocycles. The Balaban J connectivity index is 2.13. The van der Waals surface area contributed by atoms with Crippen LogP contribution in [0.5, 0.6) is 0 Å². The summed E-state index contributed by atoms with van der Waals surface area (Å²) in [5, 5.41) is 10.8. The molecule has 0 amide bonds. The van der Waals surface area contributed by atoms with Gasteiger partial charge in [-0.05, 0) is 50.5 Å². The Bertz CT molecular complexity index is 695. The van der Waals surface area contributed by atoms with Crippen molar-refractivity contribution in [2.75, 3.05) is 26.8 Å². The second-order valence-electron chi connectivity index (χ2n) is 9.87. The van der Waals surface area contributed by atoms with E-state index in [1.54, 1.807) is 19.2 Å². The number of allylic oxidation sites excluding steroid dienone is 1. The molecule has 0 saturated carbocycles. The van der Waals surface area contributed by atoms with Crippen LogP contribution in [-0.4, -0.2) is 48.5 Å². The van der Waals surface area contributed by atoms with Crippen molar-refractivity contribution in [2.45, 2.75) is 83.3 Å². The van der Waals surface area contributed by atoms with Gasteiger partial charge in [0.2, 0.25) is 0 Å². The standard InChI is InChI=1S/C25H39F2NO2/c1-19(2)17-22(28-14-11-25(29,12-15-28)13-16-30-6)18-23(3,4)20-7-9-21(10-8-20)24(5,26)27/h7-10,17,22,29H,11-16,18H2,1-6H3. The molecule has 170 valence electrons. The van der Waals surface area contributed by atoms with Gasteiger partial charge in [0.25, 0.3) is 5.92 Å². The van der Waals surface area contributed by atoms with Crippen LogP contribution in [0.1, 0.15) is 71.4 Å². The number of likely N-dealkylation sites (tertiary alicyclic amines) is 1. The van der Waals surface area contributed by atoms with E-state index in [9.17, 15) is 13.9 Å². The summed E-state index contributed by atoms with van der Waals surface area (Å²) in [6.07, 6.45) is 5.34. The lowest BCUT2D eigenvalue weighted by Crippen LogP contribution is -2.49. The van der Waals surface area contributed by atoms with Crippen LogP contribution in [0.4, 0.5) is 8.78 Å². The van der Waals surface area contributed by atoms with E-state index in [2.05, 4.69) is 38.7 Å². The van der Waals surface area contributed by atoms with Gasteiger partial charge in [-0.25, -0.2) is 8.78 Å². The molecule has 2 rings (SSSR count). The Morgan fingerprint density at radius 1 is 1.13 bits per heavy atom. The van der Waals surface area contributed by atoms with Crippen LogP contribution in [0.15, 0.2) is 35.9 Å². The number of rotatable bonds is 9. The maximum absolute atomic E-state index is 13.6. The first-order valence-electron chi connectivity index (χ1n) is 11.0. The summed E-state index contributed by atoms with van der Waals surface area (Å²) in [4.78, 5) is 2.45. The number of methoxy groups -OCH3 is 1. The molecular formula is C25H39F2NO2. The molecule has 30 heavy (non-hydrogen) atoms. The smallest absolute Gasteiger partial charge is 0.270 e. The number of nitrogens with zero attached hydrogens (tertiary/aromatic N) is 1. The average molecular weight is 424 g/mol. The van der Waals surface area contributed by atoms with Gasteiger partial charge in [0, 0.05) is 45.3 Å². The van der Waals surface area contributed by atoms with Gasteiger partial charge in [0.1, 0.15) is 0 Å². The molecule has 1 saturated heterocycles. The molecule has 5 heteroatoms. The van der Waals surface area contributed by atoms with Crippen LogP contribution in [0, 0.1) is 0 Å². The number of halogens is 2. The molecule has 0 spiro atoms. The van der Waals surface area contributed by atoms with E-state index < -0.39 is 11.5 Å². The molecule has 1 fully saturated rings. The lowest BCUT2D eigenvalue weighted by atomic mass is 9.77. The molecule has 0 bridgehead atoms. The largest absolute Gasteiger partial charge is 0.390 e. The maximum atomic E-state index is 13.6. The highest BCUT2D eigenvalue weighted by molar-refractivity contribution is 5.30. The highest BCUT2D eigenvalue weighted by atomic mass is 19.3. The highest BCUT2D eigenvalue weighted by Gasteiger charge is 2.36. The molecule has 0 aliphatic carbocycles. The second kappa shape index (κ2) is 9.88. The summed E-state index contributed by atoms with van der Waals surface area (Å²) in [5.41, 5.74) is 1.57. The number of hydrogen-bond donors (Lipinski definition) is 1. The topological polar surface area (TPSA) is 32.7 Å². The summed E-state index contributed by atoms with van der Waals surface area (Å²) >= 11 is 0. The van der Waals surface area contributed by atoms with Gasteiger partial charge < -0.3 is 9.84 Å². The number of benzene rings is 1. The quantitative estimate of drug-likeness (QED) is 0.520. The minimum Gasteiger partial charge on any atom is -0.390 e. The molecule has 1 aliphatic rings. The van der Waals surface area contributed by atoms with Gasteiger partial charge in [-0.3, -0.25) is 4.90 Å². The van der Waals surface area contributed by atoms with Crippen LogP contribution < -0.4 is 0 Å². The Morgan fingerprint density at radius 3 is 2.13 bits per heavy atom.